The van der Waals surface area contributed by atoms with Gasteiger partial charge in [0.05, 0.1) is 12.1 Å². The van der Waals surface area contributed by atoms with Crippen LogP contribution in [0.1, 0.15) is 78.6 Å². The van der Waals surface area contributed by atoms with Gasteiger partial charge < -0.3 is 19.9 Å². The molecule has 0 saturated carbocycles. The molecule has 2 rings (SSSR count). The van der Waals surface area contributed by atoms with E-state index in [1.54, 1.807) is 6.08 Å². The van der Waals surface area contributed by atoms with E-state index in [-0.39, 0.29) is 23.7 Å². The molecule has 2 heterocycles. The zero-order chi connectivity index (χ0) is 20.6. The number of esters is 1. The van der Waals surface area contributed by atoms with Crippen molar-refractivity contribution in [2.45, 2.75) is 103 Å². The molecular formula is C21H35NO5S. The maximum absolute atomic E-state index is 12.3. The van der Waals surface area contributed by atoms with Crippen LogP contribution in [0.15, 0.2) is 11.6 Å². The van der Waals surface area contributed by atoms with Gasteiger partial charge >= 0.3 is 5.97 Å². The first-order valence-corrected chi connectivity index (χ1v) is 11.6. The van der Waals surface area contributed by atoms with Crippen LogP contribution in [0.2, 0.25) is 0 Å². The van der Waals surface area contributed by atoms with E-state index >= 15 is 0 Å². The number of carbonyl (C=O) groups excluding carboxylic acids is 2. The molecule has 1 amide bonds. The fraction of sp³-hybridized carbons (Fsp3) is 0.810. The molecule has 2 aliphatic rings. The summed E-state index contributed by atoms with van der Waals surface area (Å²) >= 11 is 1.14. The predicted octanol–water partition coefficient (Wildman–Crippen LogP) is 4.31. The Morgan fingerprint density at radius 2 is 2.11 bits per heavy atom. The van der Waals surface area contributed by atoms with Gasteiger partial charge in [-0.15, -0.1) is 0 Å². The average Bonchev–Trinajstić information content (AvgIpc) is 3.07. The van der Waals surface area contributed by atoms with Crippen LogP contribution in [0.25, 0.3) is 0 Å². The van der Waals surface area contributed by atoms with Crippen LogP contribution in [-0.2, 0) is 14.3 Å². The monoisotopic (exact) mass is 413 g/mol. The number of unbranched alkanes of at least 4 members (excludes halogenated alkanes) is 3. The molecule has 2 aliphatic heterocycles. The number of ether oxygens (including phenoxy) is 2. The topological polar surface area (TPSA) is 84.9 Å². The normalized spacial score (nSPS) is 30.9. The van der Waals surface area contributed by atoms with Gasteiger partial charge in [-0.3, -0.25) is 4.79 Å². The lowest BCUT2D eigenvalue weighted by Crippen LogP contribution is -2.58. The summed E-state index contributed by atoms with van der Waals surface area (Å²) in [7, 11) is 0. The highest BCUT2D eigenvalue weighted by atomic mass is 32.2. The molecule has 4 atom stereocenters. The molecule has 0 spiro atoms. The minimum atomic E-state index is -1.50. The van der Waals surface area contributed by atoms with E-state index in [4.69, 9.17) is 9.47 Å². The van der Waals surface area contributed by atoms with E-state index in [0.29, 0.717) is 12.2 Å². The Hall–Kier alpha value is -1.05. The van der Waals surface area contributed by atoms with Gasteiger partial charge in [-0.2, -0.15) is 0 Å². The summed E-state index contributed by atoms with van der Waals surface area (Å²) < 4.78 is 11.7. The summed E-state index contributed by atoms with van der Waals surface area (Å²) in [5.41, 5.74) is 1.01. The van der Waals surface area contributed by atoms with Crippen molar-refractivity contribution in [2.24, 2.45) is 0 Å². The Balaban J connectivity index is 2.02. The summed E-state index contributed by atoms with van der Waals surface area (Å²) in [6, 6.07) is -0.484. The fourth-order valence-electron chi connectivity index (χ4n) is 3.76. The van der Waals surface area contributed by atoms with Crippen LogP contribution in [0.4, 0.5) is 4.79 Å². The molecule has 2 saturated heterocycles. The van der Waals surface area contributed by atoms with Crippen LogP contribution in [-0.4, -0.2) is 46.1 Å². The van der Waals surface area contributed by atoms with Crippen molar-refractivity contribution < 1.29 is 24.2 Å². The first kappa shape index (κ1) is 23.2. The number of aliphatic hydroxyl groups is 1. The second-order valence-electron chi connectivity index (χ2n) is 7.97. The molecule has 0 aliphatic carbocycles. The SMILES string of the molecule is CCCCC[C@@H]1C[C@@H](OC(=O)C=C(C)CCCC)C[C@](O)(C2CSC(=O)N2)O1. The van der Waals surface area contributed by atoms with E-state index in [0.717, 1.165) is 62.3 Å². The quantitative estimate of drug-likeness (QED) is 0.315. The molecule has 0 aromatic heterocycles. The zero-order valence-corrected chi connectivity index (χ0v) is 18.2. The number of carbonyl (C=O) groups is 2. The van der Waals surface area contributed by atoms with Crippen molar-refractivity contribution in [3.8, 4) is 0 Å². The van der Waals surface area contributed by atoms with Crippen LogP contribution in [0, 0.1) is 0 Å². The molecule has 0 radical (unpaired) electrons. The number of rotatable bonds is 10. The van der Waals surface area contributed by atoms with Gasteiger partial charge in [-0.05, 0) is 26.2 Å². The Labute approximate surface area is 172 Å². The van der Waals surface area contributed by atoms with Gasteiger partial charge in [0, 0.05) is 24.7 Å². The van der Waals surface area contributed by atoms with Gasteiger partial charge in [-0.25, -0.2) is 4.79 Å². The second kappa shape index (κ2) is 11.2. The Bertz CT molecular complexity index is 567. The van der Waals surface area contributed by atoms with Gasteiger partial charge in [0.2, 0.25) is 0 Å². The van der Waals surface area contributed by atoms with Crippen molar-refractivity contribution in [1.29, 1.82) is 0 Å². The molecule has 28 heavy (non-hydrogen) atoms. The number of hydrogen-bond donors (Lipinski definition) is 2. The Morgan fingerprint density at radius 1 is 1.36 bits per heavy atom. The maximum atomic E-state index is 12.3. The van der Waals surface area contributed by atoms with E-state index in [2.05, 4.69) is 19.2 Å². The molecule has 2 N–H and O–H groups in total. The lowest BCUT2D eigenvalue weighted by Gasteiger charge is -2.43. The molecule has 6 nitrogen and oxygen atoms in total. The predicted molar refractivity (Wildman–Crippen MR) is 111 cm³/mol. The molecular weight excluding hydrogens is 378 g/mol. The molecule has 160 valence electrons. The average molecular weight is 414 g/mol. The Kier molecular flexibility index (Phi) is 9.31. The number of allylic oxidation sites excluding steroid dienone is 1. The van der Waals surface area contributed by atoms with Gasteiger partial charge in [0.25, 0.3) is 5.24 Å². The first-order chi connectivity index (χ1) is 13.4. The molecule has 2 fully saturated rings. The minimum absolute atomic E-state index is 0.154. The minimum Gasteiger partial charge on any atom is -0.459 e. The summed E-state index contributed by atoms with van der Waals surface area (Å²) in [4.78, 5) is 23.9. The van der Waals surface area contributed by atoms with E-state index < -0.39 is 17.9 Å². The number of amides is 1. The summed E-state index contributed by atoms with van der Waals surface area (Å²) in [5, 5.41) is 13.8. The standard InChI is InChI=1S/C21H35NO5S/c1-4-6-8-10-16-12-17(26-19(23)11-15(3)9-7-5-2)13-21(25,27-16)18-14-28-20(24)22-18/h11,16-18,25H,4-10,12-14H2,1-3H3,(H,22,24)/t16-,17-,18?,21-/m1/s1. The van der Waals surface area contributed by atoms with Crippen LogP contribution in [0.5, 0.6) is 0 Å². The summed E-state index contributed by atoms with van der Waals surface area (Å²) in [6.45, 7) is 6.20. The highest BCUT2D eigenvalue weighted by Crippen LogP contribution is 2.36. The molecule has 0 aromatic rings. The first-order valence-electron chi connectivity index (χ1n) is 10.6. The van der Waals surface area contributed by atoms with Gasteiger partial charge in [0.1, 0.15) is 6.10 Å². The largest absolute Gasteiger partial charge is 0.459 e. The third-order valence-corrected chi connectivity index (χ3v) is 6.22. The van der Waals surface area contributed by atoms with E-state index in [1.165, 1.54) is 0 Å². The molecule has 0 aromatic carbocycles. The van der Waals surface area contributed by atoms with E-state index in [9.17, 15) is 14.7 Å². The lowest BCUT2D eigenvalue weighted by molar-refractivity contribution is -0.283. The highest BCUT2D eigenvalue weighted by Gasteiger charge is 2.49. The number of thioether (sulfide) groups is 1. The van der Waals surface area contributed by atoms with Crippen molar-refractivity contribution in [2.75, 3.05) is 5.75 Å². The summed E-state index contributed by atoms with van der Waals surface area (Å²) in [6.07, 6.45) is 8.73. The number of nitrogens with one attached hydrogen (secondary N) is 1. The molecule has 0 bridgehead atoms. The van der Waals surface area contributed by atoms with Crippen LogP contribution < -0.4 is 5.32 Å². The maximum Gasteiger partial charge on any atom is 0.330 e. The smallest absolute Gasteiger partial charge is 0.330 e. The third-order valence-electron chi connectivity index (χ3n) is 5.34. The number of hydrogen-bond acceptors (Lipinski definition) is 6. The van der Waals surface area contributed by atoms with E-state index in [1.807, 2.05) is 6.92 Å². The third kappa shape index (κ3) is 7.08. The van der Waals surface area contributed by atoms with Crippen molar-refractivity contribution >= 4 is 23.0 Å². The Morgan fingerprint density at radius 3 is 2.75 bits per heavy atom. The summed E-state index contributed by atoms with van der Waals surface area (Å²) in [5.74, 6) is -1.41. The van der Waals surface area contributed by atoms with Crippen molar-refractivity contribution in [1.82, 2.24) is 5.32 Å². The van der Waals surface area contributed by atoms with Gasteiger partial charge in [-0.1, -0.05) is 56.9 Å². The van der Waals surface area contributed by atoms with Crippen molar-refractivity contribution in [3.63, 3.8) is 0 Å². The van der Waals surface area contributed by atoms with Crippen LogP contribution >= 0.6 is 11.8 Å². The zero-order valence-electron chi connectivity index (χ0n) is 17.4. The lowest BCUT2D eigenvalue weighted by atomic mass is 9.91. The van der Waals surface area contributed by atoms with Gasteiger partial charge in [0.15, 0.2) is 5.79 Å². The fourth-order valence-corrected chi connectivity index (χ4v) is 4.64. The van der Waals surface area contributed by atoms with Crippen molar-refractivity contribution in [3.05, 3.63) is 11.6 Å². The highest BCUT2D eigenvalue weighted by molar-refractivity contribution is 8.14. The molecule has 7 heteroatoms. The second-order valence-corrected chi connectivity index (χ2v) is 8.96. The van der Waals surface area contributed by atoms with Crippen LogP contribution in [0.3, 0.4) is 0 Å². The molecule has 1 unspecified atom stereocenters.